The van der Waals surface area contributed by atoms with Gasteiger partial charge in [0.25, 0.3) is 0 Å². The molecule has 81 valence electrons. The van der Waals surface area contributed by atoms with Gasteiger partial charge in [-0.05, 0) is 0 Å². The van der Waals surface area contributed by atoms with Crippen LogP contribution in [0.1, 0.15) is 0 Å². The van der Waals surface area contributed by atoms with Crippen LogP contribution >= 0.6 is 0 Å². The molecule has 0 aromatic heterocycles. The Hall–Kier alpha value is -1.51. The molecule has 0 saturated carbocycles. The molecule has 0 saturated heterocycles. The summed E-state index contributed by atoms with van der Waals surface area (Å²) in [5.41, 5.74) is 0. The second-order valence-electron chi connectivity index (χ2n) is 1.54. The van der Waals surface area contributed by atoms with E-state index >= 15 is 0 Å². The fourth-order valence-corrected chi connectivity index (χ4v) is 0.513. The van der Waals surface area contributed by atoms with E-state index < -0.39 is 0 Å². The van der Waals surface area contributed by atoms with Crippen LogP contribution in [0.25, 0.3) is 0 Å². The van der Waals surface area contributed by atoms with Gasteiger partial charge in [-0.3, -0.25) is 20.4 Å². The summed E-state index contributed by atoms with van der Waals surface area (Å²) >= 11 is 0. The third-order valence-electron chi connectivity index (χ3n) is 0.889. The molecule has 0 amide bonds. The Morgan fingerprint density at radius 2 is 0.467 bits per heavy atom. The topological polar surface area (TPSA) is 51.2 Å². The molecular weight excluding hydrogens is 236 g/mol. The zero-order valence-corrected chi connectivity index (χ0v) is 9.03. The molecule has 1 aliphatic rings. The molecule has 1 rings (SSSR count). The smallest absolute Gasteiger partial charge is 0.545 e. The Balaban J connectivity index is -0.0000000755. The Bertz CT molecular complexity index is 147. The van der Waals surface area contributed by atoms with Crippen LogP contribution in [0.15, 0.2) is 48.6 Å². The second kappa shape index (κ2) is 39.1. The van der Waals surface area contributed by atoms with E-state index in [0.29, 0.717) is 0 Å². The minimum absolute atomic E-state index is 0. The monoisotopic (exact) mass is 247 g/mol. The maximum Gasteiger partial charge on any atom is 3.00 e. The van der Waals surface area contributed by atoms with Gasteiger partial charge in [0.2, 0.25) is 0 Å². The van der Waals surface area contributed by atoms with Gasteiger partial charge in [0.05, 0.1) is 0 Å². The van der Waals surface area contributed by atoms with Crippen LogP contribution in [-0.2, 0) is 31.5 Å². The summed E-state index contributed by atoms with van der Waals surface area (Å²) in [6.45, 7) is 9.75. The number of rotatable bonds is 0. The first-order chi connectivity index (χ1) is 7.00. The molecule has 0 aliphatic heterocycles. The van der Waals surface area contributed by atoms with Crippen molar-refractivity contribution in [1.29, 1.82) is 0 Å². The summed E-state index contributed by atoms with van der Waals surface area (Å²) in [4.78, 5) is 23.2. The summed E-state index contributed by atoms with van der Waals surface area (Å²) in [5, 5.41) is 0. The standard InChI is InChI=1S/C8H8.3CHO.Fe/c1-2-4-6-8-7-5-3-1;3*1-2;/h1-8H;3*1H;/q;3*-1;+3. The van der Waals surface area contributed by atoms with Crippen molar-refractivity contribution in [3.63, 3.8) is 0 Å². The molecule has 15 heavy (non-hydrogen) atoms. The number of carbonyl (C=O) groups excluding carboxylic acids is 3. The second-order valence-corrected chi connectivity index (χ2v) is 1.54. The van der Waals surface area contributed by atoms with Crippen LogP contribution in [0.4, 0.5) is 0 Å². The third kappa shape index (κ3) is 32.6. The van der Waals surface area contributed by atoms with Gasteiger partial charge in [-0.15, -0.1) is 0 Å². The number of hydrogen-bond donors (Lipinski definition) is 0. The van der Waals surface area contributed by atoms with Crippen molar-refractivity contribution in [3.8, 4) is 0 Å². The van der Waals surface area contributed by atoms with Gasteiger partial charge < -0.3 is 14.4 Å². The van der Waals surface area contributed by atoms with E-state index in [2.05, 4.69) is 20.4 Å². The number of hydrogen-bond acceptors (Lipinski definition) is 3. The Morgan fingerprint density at radius 3 is 0.533 bits per heavy atom. The SMILES string of the molecule is C1=CC=CC=CC=C1.[CH-]=O.[CH-]=O.[CH-]=O.[Fe+3]. The van der Waals surface area contributed by atoms with Gasteiger partial charge in [-0.1, -0.05) is 48.6 Å². The fourth-order valence-electron chi connectivity index (χ4n) is 0.513. The van der Waals surface area contributed by atoms with Gasteiger partial charge in [-0.25, -0.2) is 0 Å². The van der Waals surface area contributed by atoms with Crippen molar-refractivity contribution in [2.24, 2.45) is 0 Å². The number of allylic oxidation sites excluding steroid dienone is 8. The van der Waals surface area contributed by atoms with Crippen LogP contribution in [0.5, 0.6) is 0 Å². The molecule has 0 unspecified atom stereocenters. The zero-order valence-electron chi connectivity index (χ0n) is 7.93. The van der Waals surface area contributed by atoms with Crippen molar-refractivity contribution in [2.75, 3.05) is 0 Å². The molecule has 0 atom stereocenters. The van der Waals surface area contributed by atoms with Crippen molar-refractivity contribution < 1.29 is 31.5 Å². The van der Waals surface area contributed by atoms with Crippen molar-refractivity contribution in [1.82, 2.24) is 0 Å². The quantitative estimate of drug-likeness (QED) is 0.369. The maximum atomic E-state index is 7.75. The molecular formula is C11H11FeO3. The predicted octanol–water partition coefficient (Wildman–Crippen LogP) is 1.40. The average Bonchev–Trinajstić information content (AvgIpc) is 2.26. The normalized spacial score (nSPS) is 9.33. The Morgan fingerprint density at radius 1 is 0.400 bits per heavy atom. The first-order valence-corrected chi connectivity index (χ1v) is 3.37. The molecule has 0 bridgehead atoms. The van der Waals surface area contributed by atoms with E-state index in [1.807, 2.05) is 48.6 Å². The first kappa shape index (κ1) is 23.4. The molecule has 0 N–H and O–H groups in total. The van der Waals surface area contributed by atoms with E-state index in [9.17, 15) is 0 Å². The van der Waals surface area contributed by atoms with Crippen LogP contribution < -0.4 is 0 Å². The van der Waals surface area contributed by atoms with Gasteiger partial charge >= 0.3 is 17.1 Å². The maximum absolute atomic E-state index is 7.75. The zero-order chi connectivity index (χ0) is 11.7. The first-order valence-electron chi connectivity index (χ1n) is 3.37. The van der Waals surface area contributed by atoms with E-state index in [1.54, 1.807) is 0 Å². The molecule has 0 fully saturated rings. The van der Waals surface area contributed by atoms with E-state index in [0.717, 1.165) is 0 Å². The van der Waals surface area contributed by atoms with Crippen LogP contribution in [-0.4, -0.2) is 20.4 Å². The van der Waals surface area contributed by atoms with E-state index in [1.165, 1.54) is 0 Å². The summed E-state index contributed by atoms with van der Waals surface area (Å²) < 4.78 is 0. The minimum atomic E-state index is 0. The molecule has 0 aromatic carbocycles. The molecule has 0 aromatic rings. The van der Waals surface area contributed by atoms with Crippen LogP contribution in [0.3, 0.4) is 0 Å². The summed E-state index contributed by atoms with van der Waals surface area (Å²) in [6.07, 6.45) is 16.0. The largest absolute Gasteiger partial charge is 3.00 e. The predicted molar refractivity (Wildman–Crippen MR) is 56.8 cm³/mol. The molecule has 3 nitrogen and oxygen atoms in total. The molecule has 0 heterocycles. The van der Waals surface area contributed by atoms with Gasteiger partial charge in [0.1, 0.15) is 0 Å². The Labute approximate surface area is 101 Å². The molecule has 4 heteroatoms. The van der Waals surface area contributed by atoms with Crippen molar-refractivity contribution in [2.45, 2.75) is 0 Å². The Kier molecular flexibility index (Phi) is 61.0. The average molecular weight is 247 g/mol. The van der Waals surface area contributed by atoms with Gasteiger partial charge in [0.15, 0.2) is 0 Å². The van der Waals surface area contributed by atoms with Crippen molar-refractivity contribution in [3.05, 3.63) is 48.6 Å². The van der Waals surface area contributed by atoms with E-state index in [4.69, 9.17) is 14.4 Å². The molecule has 1 aliphatic carbocycles. The summed E-state index contributed by atoms with van der Waals surface area (Å²) in [5.74, 6) is 0. The molecule has 0 spiro atoms. The molecule has 1 radical (unpaired) electrons. The van der Waals surface area contributed by atoms with Gasteiger partial charge in [-0.2, -0.15) is 0 Å². The fraction of sp³-hybridized carbons (Fsp3) is 0. The summed E-state index contributed by atoms with van der Waals surface area (Å²) in [7, 11) is 0. The van der Waals surface area contributed by atoms with Gasteiger partial charge in [0, 0.05) is 0 Å². The summed E-state index contributed by atoms with van der Waals surface area (Å²) in [6, 6.07) is 0. The van der Waals surface area contributed by atoms with Crippen LogP contribution in [0, 0.1) is 0 Å². The van der Waals surface area contributed by atoms with Crippen LogP contribution in [0.2, 0.25) is 0 Å². The minimum Gasteiger partial charge on any atom is -0.545 e. The third-order valence-corrected chi connectivity index (χ3v) is 0.889. The van der Waals surface area contributed by atoms with Crippen molar-refractivity contribution >= 4 is 20.4 Å². The van der Waals surface area contributed by atoms with E-state index in [-0.39, 0.29) is 17.1 Å².